The number of aromatic nitrogens is 2. The molecule has 0 radical (unpaired) electrons. The molecule has 5 heteroatoms. The Balaban J connectivity index is 2.07. The van der Waals surface area contributed by atoms with Crippen molar-refractivity contribution in [3.05, 3.63) is 57.9 Å². The Hall–Kier alpha value is -1.62. The van der Waals surface area contributed by atoms with E-state index < -0.39 is 0 Å². The number of nitrogens with one attached hydrogen (secondary N) is 1. The minimum Gasteiger partial charge on any atom is -0.310 e. The smallest absolute Gasteiger partial charge is 0.310 e. The fourth-order valence-electron chi connectivity index (χ4n) is 1.36. The SMILES string of the molecule is Cc1cc(SCc2ccc(F)cc2)nc(=O)[nH]1. The van der Waals surface area contributed by atoms with Crippen molar-refractivity contribution in [2.45, 2.75) is 17.7 Å². The van der Waals surface area contributed by atoms with E-state index in [0.29, 0.717) is 10.8 Å². The standard InChI is InChI=1S/C12H11FN2OS/c1-8-6-11(15-12(16)14-8)17-7-9-2-4-10(13)5-3-9/h2-6H,7H2,1H3,(H,14,15,16). The van der Waals surface area contributed by atoms with Crippen molar-refractivity contribution < 1.29 is 4.39 Å². The van der Waals surface area contributed by atoms with Gasteiger partial charge in [0.2, 0.25) is 0 Å². The fraction of sp³-hybridized carbons (Fsp3) is 0.167. The van der Waals surface area contributed by atoms with Crippen LogP contribution in [0.4, 0.5) is 4.39 Å². The van der Waals surface area contributed by atoms with Gasteiger partial charge in [0.1, 0.15) is 10.8 Å². The zero-order chi connectivity index (χ0) is 12.3. The van der Waals surface area contributed by atoms with E-state index in [9.17, 15) is 9.18 Å². The molecule has 17 heavy (non-hydrogen) atoms. The van der Waals surface area contributed by atoms with Gasteiger partial charge in [-0.1, -0.05) is 12.1 Å². The van der Waals surface area contributed by atoms with Crippen LogP contribution in [0.1, 0.15) is 11.3 Å². The van der Waals surface area contributed by atoms with Crippen LogP contribution in [-0.4, -0.2) is 9.97 Å². The summed E-state index contributed by atoms with van der Waals surface area (Å²) in [5.74, 6) is 0.416. The third-order valence-corrected chi connectivity index (χ3v) is 3.14. The van der Waals surface area contributed by atoms with Crippen LogP contribution < -0.4 is 5.69 Å². The summed E-state index contributed by atoms with van der Waals surface area (Å²) in [5, 5.41) is 0.676. The zero-order valence-corrected chi connectivity index (χ0v) is 10.1. The van der Waals surface area contributed by atoms with E-state index in [1.165, 1.54) is 23.9 Å². The van der Waals surface area contributed by atoms with E-state index in [2.05, 4.69) is 9.97 Å². The molecular formula is C12H11FN2OS. The number of aryl methyl sites for hydroxylation is 1. The minimum atomic E-state index is -0.341. The molecule has 0 saturated heterocycles. The number of H-pyrrole nitrogens is 1. The fourth-order valence-corrected chi connectivity index (χ4v) is 2.28. The van der Waals surface area contributed by atoms with Crippen LogP contribution in [0.5, 0.6) is 0 Å². The van der Waals surface area contributed by atoms with Crippen molar-refractivity contribution in [2.24, 2.45) is 0 Å². The minimum absolute atomic E-state index is 0.246. The normalized spacial score (nSPS) is 10.5. The molecule has 1 heterocycles. The van der Waals surface area contributed by atoms with Crippen molar-refractivity contribution in [1.29, 1.82) is 0 Å². The number of hydrogen-bond acceptors (Lipinski definition) is 3. The molecule has 0 amide bonds. The van der Waals surface area contributed by atoms with Gasteiger partial charge in [-0.05, 0) is 30.7 Å². The molecule has 1 N–H and O–H groups in total. The van der Waals surface area contributed by atoms with Crippen molar-refractivity contribution in [2.75, 3.05) is 0 Å². The molecular weight excluding hydrogens is 239 g/mol. The van der Waals surface area contributed by atoms with Gasteiger partial charge in [-0.2, -0.15) is 4.98 Å². The van der Waals surface area contributed by atoms with E-state index in [1.807, 2.05) is 13.0 Å². The molecule has 0 spiro atoms. The van der Waals surface area contributed by atoms with Crippen LogP contribution in [-0.2, 0) is 5.75 Å². The van der Waals surface area contributed by atoms with Crippen LogP contribution >= 0.6 is 11.8 Å². The number of hydrogen-bond donors (Lipinski definition) is 1. The highest BCUT2D eigenvalue weighted by Gasteiger charge is 2.00. The third kappa shape index (κ3) is 3.42. The van der Waals surface area contributed by atoms with Crippen LogP contribution in [0.2, 0.25) is 0 Å². The lowest BCUT2D eigenvalue weighted by Gasteiger charge is -2.01. The van der Waals surface area contributed by atoms with Gasteiger partial charge < -0.3 is 4.98 Å². The predicted molar refractivity (Wildman–Crippen MR) is 65.6 cm³/mol. The molecule has 0 saturated carbocycles. The number of halogens is 1. The monoisotopic (exact) mass is 250 g/mol. The molecule has 0 aliphatic rings. The van der Waals surface area contributed by atoms with Crippen LogP contribution in [0.15, 0.2) is 40.2 Å². The lowest BCUT2D eigenvalue weighted by atomic mass is 10.2. The van der Waals surface area contributed by atoms with Crippen molar-refractivity contribution in [1.82, 2.24) is 9.97 Å². The van der Waals surface area contributed by atoms with Gasteiger partial charge >= 0.3 is 5.69 Å². The van der Waals surface area contributed by atoms with Crippen molar-refractivity contribution >= 4 is 11.8 Å². The molecule has 0 unspecified atom stereocenters. The summed E-state index contributed by atoms with van der Waals surface area (Å²) in [6, 6.07) is 8.11. The second kappa shape index (κ2) is 5.14. The van der Waals surface area contributed by atoms with Gasteiger partial charge in [-0.25, -0.2) is 9.18 Å². The van der Waals surface area contributed by atoms with E-state index in [1.54, 1.807) is 12.1 Å². The average Bonchev–Trinajstić information content (AvgIpc) is 2.27. The maximum absolute atomic E-state index is 12.7. The Morgan fingerprint density at radius 3 is 2.71 bits per heavy atom. The van der Waals surface area contributed by atoms with Gasteiger partial charge in [0.05, 0.1) is 0 Å². The molecule has 3 nitrogen and oxygen atoms in total. The molecule has 0 bridgehead atoms. The summed E-state index contributed by atoms with van der Waals surface area (Å²) in [7, 11) is 0. The van der Waals surface area contributed by atoms with Crippen molar-refractivity contribution in [3.8, 4) is 0 Å². The zero-order valence-electron chi connectivity index (χ0n) is 9.24. The van der Waals surface area contributed by atoms with E-state index >= 15 is 0 Å². The Labute approximate surface area is 102 Å². The Bertz CT molecular complexity index is 565. The molecule has 1 aromatic heterocycles. The highest BCUT2D eigenvalue weighted by atomic mass is 32.2. The number of aromatic amines is 1. The molecule has 0 aliphatic heterocycles. The molecule has 2 rings (SSSR count). The highest BCUT2D eigenvalue weighted by molar-refractivity contribution is 7.98. The number of thioether (sulfide) groups is 1. The molecule has 0 aliphatic carbocycles. The number of rotatable bonds is 3. The van der Waals surface area contributed by atoms with Gasteiger partial charge in [-0.15, -0.1) is 11.8 Å². The summed E-state index contributed by atoms with van der Waals surface area (Å²) in [5.41, 5.74) is 1.44. The Morgan fingerprint density at radius 2 is 2.06 bits per heavy atom. The van der Waals surface area contributed by atoms with E-state index in [4.69, 9.17) is 0 Å². The highest BCUT2D eigenvalue weighted by Crippen LogP contribution is 2.20. The second-order valence-electron chi connectivity index (χ2n) is 3.62. The van der Waals surface area contributed by atoms with Gasteiger partial charge in [0, 0.05) is 11.4 Å². The topological polar surface area (TPSA) is 45.8 Å². The maximum atomic E-state index is 12.7. The van der Waals surface area contributed by atoms with E-state index in [-0.39, 0.29) is 11.5 Å². The van der Waals surface area contributed by atoms with Gasteiger partial charge in [0.25, 0.3) is 0 Å². The summed E-state index contributed by atoms with van der Waals surface area (Å²) < 4.78 is 12.7. The lowest BCUT2D eigenvalue weighted by Crippen LogP contribution is -2.11. The maximum Gasteiger partial charge on any atom is 0.346 e. The average molecular weight is 250 g/mol. The van der Waals surface area contributed by atoms with Crippen LogP contribution in [0.25, 0.3) is 0 Å². The Morgan fingerprint density at radius 1 is 1.35 bits per heavy atom. The van der Waals surface area contributed by atoms with Crippen LogP contribution in [0.3, 0.4) is 0 Å². The third-order valence-electron chi connectivity index (χ3n) is 2.16. The first-order chi connectivity index (χ1) is 8.13. The van der Waals surface area contributed by atoms with Crippen LogP contribution in [0, 0.1) is 12.7 Å². The van der Waals surface area contributed by atoms with Gasteiger partial charge in [-0.3, -0.25) is 0 Å². The first-order valence-electron chi connectivity index (χ1n) is 5.09. The molecule has 2 aromatic rings. The second-order valence-corrected chi connectivity index (χ2v) is 4.62. The molecule has 0 fully saturated rings. The predicted octanol–water partition coefficient (Wildman–Crippen LogP) is 2.51. The summed E-state index contributed by atoms with van der Waals surface area (Å²) in [6.45, 7) is 1.81. The number of nitrogens with zero attached hydrogens (tertiary/aromatic N) is 1. The largest absolute Gasteiger partial charge is 0.346 e. The first kappa shape index (κ1) is 11.9. The number of benzene rings is 1. The van der Waals surface area contributed by atoms with E-state index in [0.717, 1.165) is 11.3 Å². The summed E-state index contributed by atoms with van der Waals surface area (Å²) >= 11 is 1.45. The Kier molecular flexibility index (Phi) is 3.58. The first-order valence-corrected chi connectivity index (χ1v) is 6.07. The molecule has 88 valence electrons. The summed E-state index contributed by atoms with van der Waals surface area (Å²) in [4.78, 5) is 17.6. The molecule has 0 atom stereocenters. The summed E-state index contributed by atoms with van der Waals surface area (Å²) in [6.07, 6.45) is 0. The lowest BCUT2D eigenvalue weighted by molar-refractivity contribution is 0.627. The molecule has 1 aromatic carbocycles. The quantitative estimate of drug-likeness (QED) is 0.672. The van der Waals surface area contributed by atoms with Crippen molar-refractivity contribution in [3.63, 3.8) is 0 Å². The van der Waals surface area contributed by atoms with Gasteiger partial charge in [0.15, 0.2) is 0 Å².